The number of anilines is 1. The third kappa shape index (κ3) is 4.30. The van der Waals surface area contributed by atoms with Gasteiger partial charge in [-0.25, -0.2) is 0 Å². The van der Waals surface area contributed by atoms with Crippen molar-refractivity contribution >= 4 is 11.6 Å². The number of ether oxygens (including phenoxy) is 3. The molecule has 0 aliphatic rings. The maximum absolute atomic E-state index is 11.8. The first-order chi connectivity index (χ1) is 10.1. The molecule has 6 nitrogen and oxygen atoms in total. The summed E-state index contributed by atoms with van der Waals surface area (Å²) >= 11 is 0. The first-order valence-electron chi connectivity index (χ1n) is 6.52. The van der Waals surface area contributed by atoms with E-state index in [2.05, 4.69) is 17.2 Å². The number of rotatable bonds is 8. The molecular formula is C15H22N2O4. The molecule has 1 atom stereocenters. The highest BCUT2D eigenvalue weighted by molar-refractivity contribution is 5.84. The summed E-state index contributed by atoms with van der Waals surface area (Å²) in [6.45, 7) is 5.75. The molecule has 0 aromatic heterocycles. The van der Waals surface area contributed by atoms with Gasteiger partial charge in [-0.15, -0.1) is 6.58 Å². The Morgan fingerprint density at radius 3 is 2.24 bits per heavy atom. The highest BCUT2D eigenvalue weighted by Gasteiger charge is 2.16. The van der Waals surface area contributed by atoms with Crippen molar-refractivity contribution in [1.82, 2.24) is 5.32 Å². The molecule has 21 heavy (non-hydrogen) atoms. The summed E-state index contributed by atoms with van der Waals surface area (Å²) in [4.78, 5) is 11.8. The van der Waals surface area contributed by atoms with Crippen molar-refractivity contribution < 1.29 is 19.0 Å². The summed E-state index contributed by atoms with van der Waals surface area (Å²) in [5.41, 5.74) is 0.700. The molecule has 1 aromatic carbocycles. The van der Waals surface area contributed by atoms with Gasteiger partial charge in [-0.1, -0.05) is 6.08 Å². The van der Waals surface area contributed by atoms with Gasteiger partial charge in [0.15, 0.2) is 11.5 Å². The van der Waals surface area contributed by atoms with Gasteiger partial charge in [0, 0.05) is 24.4 Å². The standard InChI is InChI=1S/C15H22N2O4/c1-6-7-16-15(18)10(2)17-11-8-12(19-3)14(21-5)13(9-11)20-4/h6,8-10,17H,1,7H2,2-5H3,(H,16,18). The van der Waals surface area contributed by atoms with E-state index in [1.54, 1.807) is 46.5 Å². The summed E-state index contributed by atoms with van der Waals surface area (Å²) < 4.78 is 15.8. The zero-order chi connectivity index (χ0) is 15.8. The van der Waals surface area contributed by atoms with E-state index in [9.17, 15) is 4.79 Å². The number of benzene rings is 1. The van der Waals surface area contributed by atoms with Gasteiger partial charge in [0.2, 0.25) is 11.7 Å². The van der Waals surface area contributed by atoms with Crippen molar-refractivity contribution in [3.05, 3.63) is 24.8 Å². The van der Waals surface area contributed by atoms with Crippen LogP contribution in [-0.4, -0.2) is 39.8 Å². The number of hydrogen-bond acceptors (Lipinski definition) is 5. The van der Waals surface area contributed by atoms with Crippen LogP contribution in [0.2, 0.25) is 0 Å². The number of amides is 1. The van der Waals surface area contributed by atoms with Crippen molar-refractivity contribution in [3.8, 4) is 17.2 Å². The van der Waals surface area contributed by atoms with E-state index in [0.29, 0.717) is 29.5 Å². The van der Waals surface area contributed by atoms with Crippen LogP contribution in [0.15, 0.2) is 24.8 Å². The molecule has 0 spiro atoms. The molecule has 116 valence electrons. The van der Waals surface area contributed by atoms with Crippen LogP contribution in [-0.2, 0) is 4.79 Å². The number of carbonyl (C=O) groups excluding carboxylic acids is 1. The molecule has 0 aliphatic carbocycles. The fraction of sp³-hybridized carbons (Fsp3) is 0.400. The van der Waals surface area contributed by atoms with Crippen LogP contribution in [0.25, 0.3) is 0 Å². The van der Waals surface area contributed by atoms with Crippen molar-refractivity contribution in [2.45, 2.75) is 13.0 Å². The normalized spacial score (nSPS) is 11.2. The second-order valence-electron chi connectivity index (χ2n) is 4.31. The highest BCUT2D eigenvalue weighted by Crippen LogP contribution is 2.40. The van der Waals surface area contributed by atoms with E-state index in [0.717, 1.165) is 0 Å². The van der Waals surface area contributed by atoms with E-state index in [1.165, 1.54) is 0 Å². The fourth-order valence-electron chi connectivity index (χ4n) is 1.81. The van der Waals surface area contributed by atoms with Crippen LogP contribution >= 0.6 is 0 Å². The molecule has 0 heterocycles. The maximum atomic E-state index is 11.8. The topological polar surface area (TPSA) is 68.8 Å². The molecule has 0 aliphatic heterocycles. The number of methoxy groups -OCH3 is 3. The molecular weight excluding hydrogens is 272 g/mol. The van der Waals surface area contributed by atoms with Crippen LogP contribution in [0.5, 0.6) is 17.2 Å². The molecule has 1 aromatic rings. The number of nitrogens with one attached hydrogen (secondary N) is 2. The average molecular weight is 294 g/mol. The average Bonchev–Trinajstić information content (AvgIpc) is 2.51. The predicted molar refractivity (Wildman–Crippen MR) is 82.4 cm³/mol. The van der Waals surface area contributed by atoms with E-state index in [1.807, 2.05) is 0 Å². The maximum Gasteiger partial charge on any atom is 0.242 e. The summed E-state index contributed by atoms with van der Waals surface area (Å²) in [6, 6.07) is 3.09. The molecule has 0 fully saturated rings. The van der Waals surface area contributed by atoms with Gasteiger partial charge >= 0.3 is 0 Å². The Morgan fingerprint density at radius 2 is 1.81 bits per heavy atom. The van der Waals surface area contributed by atoms with Gasteiger partial charge < -0.3 is 24.8 Å². The molecule has 1 unspecified atom stereocenters. The van der Waals surface area contributed by atoms with Gasteiger partial charge in [0.05, 0.1) is 21.3 Å². The molecule has 1 amide bonds. The SMILES string of the molecule is C=CCNC(=O)C(C)Nc1cc(OC)c(OC)c(OC)c1. The van der Waals surface area contributed by atoms with Crippen molar-refractivity contribution in [2.24, 2.45) is 0 Å². The van der Waals surface area contributed by atoms with Gasteiger partial charge in [-0.05, 0) is 6.92 Å². The molecule has 2 N–H and O–H groups in total. The third-order valence-corrected chi connectivity index (χ3v) is 2.86. The molecule has 0 saturated carbocycles. The van der Waals surface area contributed by atoms with Gasteiger partial charge in [0.1, 0.15) is 6.04 Å². The first-order valence-corrected chi connectivity index (χ1v) is 6.52. The van der Waals surface area contributed by atoms with Crippen LogP contribution in [0.1, 0.15) is 6.92 Å². The van der Waals surface area contributed by atoms with Crippen molar-refractivity contribution in [2.75, 3.05) is 33.2 Å². The lowest BCUT2D eigenvalue weighted by Crippen LogP contribution is -2.37. The number of hydrogen-bond donors (Lipinski definition) is 2. The number of carbonyl (C=O) groups is 1. The summed E-state index contributed by atoms with van der Waals surface area (Å²) in [5.74, 6) is 1.44. The molecule has 0 radical (unpaired) electrons. The van der Waals surface area contributed by atoms with E-state index in [-0.39, 0.29) is 5.91 Å². The van der Waals surface area contributed by atoms with E-state index in [4.69, 9.17) is 14.2 Å². The largest absolute Gasteiger partial charge is 0.493 e. The van der Waals surface area contributed by atoms with Crippen molar-refractivity contribution in [3.63, 3.8) is 0 Å². The van der Waals surface area contributed by atoms with E-state index >= 15 is 0 Å². The Hall–Kier alpha value is -2.37. The molecule has 6 heteroatoms. The second-order valence-corrected chi connectivity index (χ2v) is 4.31. The lowest BCUT2D eigenvalue weighted by molar-refractivity contribution is -0.121. The van der Waals surface area contributed by atoms with Gasteiger partial charge in [0.25, 0.3) is 0 Å². The molecule has 1 rings (SSSR count). The zero-order valence-electron chi connectivity index (χ0n) is 12.9. The van der Waals surface area contributed by atoms with Crippen molar-refractivity contribution in [1.29, 1.82) is 0 Å². The summed E-state index contributed by atoms with van der Waals surface area (Å²) in [5, 5.41) is 5.81. The van der Waals surface area contributed by atoms with Crippen LogP contribution in [0.3, 0.4) is 0 Å². The lowest BCUT2D eigenvalue weighted by Gasteiger charge is -2.18. The smallest absolute Gasteiger partial charge is 0.242 e. The van der Waals surface area contributed by atoms with E-state index < -0.39 is 6.04 Å². The Labute approximate surface area is 125 Å². The Balaban J connectivity index is 2.93. The minimum absolute atomic E-state index is 0.122. The Kier molecular flexibility index (Phi) is 6.39. The minimum atomic E-state index is -0.409. The molecule has 0 saturated heterocycles. The third-order valence-electron chi connectivity index (χ3n) is 2.86. The minimum Gasteiger partial charge on any atom is -0.493 e. The predicted octanol–water partition coefficient (Wildman–Crippen LogP) is 1.81. The van der Waals surface area contributed by atoms with Crippen LogP contribution < -0.4 is 24.8 Å². The van der Waals surface area contributed by atoms with Crippen LogP contribution in [0.4, 0.5) is 5.69 Å². The Bertz CT molecular complexity index is 477. The first kappa shape index (κ1) is 16.7. The fourth-order valence-corrected chi connectivity index (χ4v) is 1.81. The Morgan fingerprint density at radius 1 is 1.24 bits per heavy atom. The quantitative estimate of drug-likeness (QED) is 0.716. The highest BCUT2D eigenvalue weighted by atomic mass is 16.5. The van der Waals surface area contributed by atoms with Gasteiger partial charge in [-0.2, -0.15) is 0 Å². The molecule has 0 bridgehead atoms. The monoisotopic (exact) mass is 294 g/mol. The van der Waals surface area contributed by atoms with Gasteiger partial charge in [-0.3, -0.25) is 4.79 Å². The second kappa shape index (κ2) is 8.04. The lowest BCUT2D eigenvalue weighted by atomic mass is 10.2. The zero-order valence-corrected chi connectivity index (χ0v) is 12.9. The summed E-state index contributed by atoms with van der Waals surface area (Å²) in [6.07, 6.45) is 1.63. The summed E-state index contributed by atoms with van der Waals surface area (Å²) in [7, 11) is 4.63. The van der Waals surface area contributed by atoms with Crippen LogP contribution in [0, 0.1) is 0 Å².